The summed E-state index contributed by atoms with van der Waals surface area (Å²) < 4.78 is 2.59. The van der Waals surface area contributed by atoms with Crippen molar-refractivity contribution in [1.82, 2.24) is 9.13 Å². The standard InChI is InChI=1S/C10H17N3O2/c1-7(6-11)4-8-5-9(14)13(3)10(15)12(8)2/h5,7H,4,6,11H2,1-3H3. The van der Waals surface area contributed by atoms with E-state index in [4.69, 9.17) is 5.73 Å². The Kier molecular flexibility index (Phi) is 3.47. The molecule has 1 heterocycles. The molecule has 0 aliphatic rings. The maximum absolute atomic E-state index is 11.6. The lowest BCUT2D eigenvalue weighted by Gasteiger charge is -2.12. The molecular weight excluding hydrogens is 194 g/mol. The molecule has 5 heteroatoms. The average Bonchev–Trinajstić information content (AvgIpc) is 2.22. The van der Waals surface area contributed by atoms with Crippen LogP contribution in [0.5, 0.6) is 0 Å². The van der Waals surface area contributed by atoms with Gasteiger partial charge in [0.25, 0.3) is 5.56 Å². The molecule has 0 spiro atoms. The van der Waals surface area contributed by atoms with E-state index in [9.17, 15) is 9.59 Å². The average molecular weight is 211 g/mol. The number of hydrogen-bond acceptors (Lipinski definition) is 3. The summed E-state index contributed by atoms with van der Waals surface area (Å²) in [4.78, 5) is 23.0. The molecule has 0 bridgehead atoms. The lowest BCUT2D eigenvalue weighted by molar-refractivity contribution is 0.548. The molecule has 0 aliphatic carbocycles. The molecule has 15 heavy (non-hydrogen) atoms. The Morgan fingerprint density at radius 2 is 1.93 bits per heavy atom. The fourth-order valence-corrected chi connectivity index (χ4v) is 1.41. The van der Waals surface area contributed by atoms with Gasteiger partial charge in [-0.2, -0.15) is 0 Å². The minimum absolute atomic E-state index is 0.266. The van der Waals surface area contributed by atoms with Crippen LogP contribution >= 0.6 is 0 Å². The van der Waals surface area contributed by atoms with Crippen LogP contribution in [0.4, 0.5) is 0 Å². The summed E-state index contributed by atoms with van der Waals surface area (Å²) in [5.74, 6) is 0.266. The zero-order valence-electron chi connectivity index (χ0n) is 9.36. The molecule has 84 valence electrons. The first kappa shape index (κ1) is 11.7. The van der Waals surface area contributed by atoms with Crippen LogP contribution in [0.1, 0.15) is 12.6 Å². The third-order valence-corrected chi connectivity index (χ3v) is 2.59. The van der Waals surface area contributed by atoms with Gasteiger partial charge in [0, 0.05) is 25.9 Å². The Balaban J connectivity index is 3.21. The highest BCUT2D eigenvalue weighted by molar-refractivity contribution is 5.03. The number of hydrogen-bond donors (Lipinski definition) is 1. The van der Waals surface area contributed by atoms with Gasteiger partial charge < -0.3 is 10.3 Å². The van der Waals surface area contributed by atoms with Crippen molar-refractivity contribution in [1.29, 1.82) is 0 Å². The predicted molar refractivity (Wildman–Crippen MR) is 58.8 cm³/mol. The fraction of sp³-hybridized carbons (Fsp3) is 0.600. The normalized spacial score (nSPS) is 12.8. The topological polar surface area (TPSA) is 70.0 Å². The maximum Gasteiger partial charge on any atom is 0.330 e. The summed E-state index contributed by atoms with van der Waals surface area (Å²) in [6, 6.07) is 1.49. The molecule has 0 fully saturated rings. The summed E-state index contributed by atoms with van der Waals surface area (Å²) in [5.41, 5.74) is 5.69. The molecule has 2 N–H and O–H groups in total. The van der Waals surface area contributed by atoms with Crippen LogP contribution < -0.4 is 17.0 Å². The van der Waals surface area contributed by atoms with Crippen molar-refractivity contribution in [2.24, 2.45) is 25.7 Å². The van der Waals surface area contributed by atoms with Crippen molar-refractivity contribution in [3.8, 4) is 0 Å². The van der Waals surface area contributed by atoms with Crippen molar-refractivity contribution in [3.05, 3.63) is 32.6 Å². The predicted octanol–water partition coefficient (Wildman–Crippen LogP) is -0.779. The van der Waals surface area contributed by atoms with Gasteiger partial charge in [-0.3, -0.25) is 9.36 Å². The van der Waals surface area contributed by atoms with Gasteiger partial charge in [0.15, 0.2) is 0 Å². The summed E-state index contributed by atoms with van der Waals surface area (Å²) >= 11 is 0. The minimum Gasteiger partial charge on any atom is -0.330 e. The molecule has 0 saturated carbocycles. The minimum atomic E-state index is -0.290. The Hall–Kier alpha value is -1.36. The SMILES string of the molecule is CC(CN)Cc1cc(=O)n(C)c(=O)n1C. The van der Waals surface area contributed by atoms with Gasteiger partial charge in [-0.05, 0) is 18.9 Å². The second-order valence-electron chi connectivity index (χ2n) is 3.92. The molecule has 5 nitrogen and oxygen atoms in total. The van der Waals surface area contributed by atoms with Crippen molar-refractivity contribution < 1.29 is 0 Å². The van der Waals surface area contributed by atoms with Crippen molar-refractivity contribution in [3.63, 3.8) is 0 Å². The molecule has 1 unspecified atom stereocenters. The highest BCUT2D eigenvalue weighted by Gasteiger charge is 2.08. The van der Waals surface area contributed by atoms with Gasteiger partial charge in [-0.15, -0.1) is 0 Å². The molecule has 0 radical (unpaired) electrons. The van der Waals surface area contributed by atoms with Crippen LogP contribution in [0, 0.1) is 5.92 Å². The molecule has 0 amide bonds. The largest absolute Gasteiger partial charge is 0.330 e. The smallest absolute Gasteiger partial charge is 0.330 e. The number of rotatable bonds is 3. The molecule has 1 aromatic rings. The Morgan fingerprint density at radius 3 is 2.47 bits per heavy atom. The van der Waals surface area contributed by atoms with Crippen LogP contribution in [0.3, 0.4) is 0 Å². The van der Waals surface area contributed by atoms with E-state index in [-0.39, 0.29) is 17.2 Å². The van der Waals surface area contributed by atoms with E-state index < -0.39 is 0 Å². The monoisotopic (exact) mass is 211 g/mol. The molecule has 1 rings (SSSR count). The van der Waals surface area contributed by atoms with E-state index >= 15 is 0 Å². The first-order chi connectivity index (χ1) is 6.97. The second-order valence-corrected chi connectivity index (χ2v) is 3.92. The Morgan fingerprint density at radius 1 is 1.33 bits per heavy atom. The summed E-state index contributed by atoms with van der Waals surface area (Å²) in [7, 11) is 3.14. The van der Waals surface area contributed by atoms with Crippen LogP contribution in [0.25, 0.3) is 0 Å². The zero-order chi connectivity index (χ0) is 11.6. The van der Waals surface area contributed by atoms with Gasteiger partial charge >= 0.3 is 5.69 Å². The quantitative estimate of drug-likeness (QED) is 0.713. The zero-order valence-corrected chi connectivity index (χ0v) is 9.36. The molecule has 0 aliphatic heterocycles. The number of nitrogens with two attached hydrogens (primary N) is 1. The van der Waals surface area contributed by atoms with Crippen LogP contribution in [0.15, 0.2) is 15.7 Å². The summed E-state index contributed by atoms with van der Waals surface area (Å²) in [6.45, 7) is 2.53. The molecule has 1 atom stereocenters. The van der Waals surface area contributed by atoms with Crippen molar-refractivity contribution in [2.75, 3.05) is 6.54 Å². The van der Waals surface area contributed by atoms with Crippen molar-refractivity contribution >= 4 is 0 Å². The molecule has 1 aromatic heterocycles. The highest BCUT2D eigenvalue weighted by atomic mass is 16.2. The van der Waals surface area contributed by atoms with Gasteiger partial charge in [0.2, 0.25) is 0 Å². The highest BCUT2D eigenvalue weighted by Crippen LogP contribution is 2.02. The third kappa shape index (κ3) is 2.36. The molecular formula is C10H17N3O2. The second kappa shape index (κ2) is 4.44. The lowest BCUT2D eigenvalue weighted by Crippen LogP contribution is -2.38. The summed E-state index contributed by atoms with van der Waals surface area (Å²) in [6.07, 6.45) is 0.651. The van der Waals surface area contributed by atoms with E-state index in [1.165, 1.54) is 17.7 Å². The van der Waals surface area contributed by atoms with Crippen molar-refractivity contribution in [2.45, 2.75) is 13.3 Å². The fourth-order valence-electron chi connectivity index (χ4n) is 1.41. The molecule has 0 aromatic carbocycles. The molecule has 0 saturated heterocycles. The van der Waals surface area contributed by atoms with Crippen LogP contribution in [0.2, 0.25) is 0 Å². The summed E-state index contributed by atoms with van der Waals surface area (Å²) in [5, 5.41) is 0. The van der Waals surface area contributed by atoms with Gasteiger partial charge in [-0.25, -0.2) is 4.79 Å². The lowest BCUT2D eigenvalue weighted by atomic mass is 10.1. The van der Waals surface area contributed by atoms with E-state index in [1.807, 2.05) is 6.92 Å². The maximum atomic E-state index is 11.6. The van der Waals surface area contributed by atoms with Gasteiger partial charge in [-0.1, -0.05) is 6.92 Å². The van der Waals surface area contributed by atoms with Crippen LogP contribution in [-0.4, -0.2) is 15.7 Å². The van der Waals surface area contributed by atoms with Gasteiger partial charge in [0.05, 0.1) is 0 Å². The number of aromatic nitrogens is 2. The first-order valence-corrected chi connectivity index (χ1v) is 4.93. The van der Waals surface area contributed by atoms with E-state index in [1.54, 1.807) is 7.05 Å². The van der Waals surface area contributed by atoms with E-state index in [2.05, 4.69) is 0 Å². The Bertz CT molecular complexity index is 459. The number of nitrogens with zero attached hydrogens (tertiary/aromatic N) is 2. The van der Waals surface area contributed by atoms with Gasteiger partial charge in [0.1, 0.15) is 0 Å². The van der Waals surface area contributed by atoms with E-state index in [0.717, 1.165) is 10.3 Å². The first-order valence-electron chi connectivity index (χ1n) is 4.93. The third-order valence-electron chi connectivity index (χ3n) is 2.59. The Labute approximate surface area is 88.1 Å². The van der Waals surface area contributed by atoms with Crippen LogP contribution in [-0.2, 0) is 20.5 Å². The van der Waals surface area contributed by atoms with E-state index in [0.29, 0.717) is 13.0 Å².